The Morgan fingerprint density at radius 3 is 2.50 bits per heavy atom. The molecule has 0 aromatic carbocycles. The monoisotopic (exact) mass is 260 g/mol. The van der Waals surface area contributed by atoms with Crippen molar-refractivity contribution in [2.75, 3.05) is 11.9 Å². The summed E-state index contributed by atoms with van der Waals surface area (Å²) >= 11 is 11.9. The highest BCUT2D eigenvalue weighted by Gasteiger charge is 2.24. The van der Waals surface area contributed by atoms with Crippen LogP contribution in [0.25, 0.3) is 0 Å². The van der Waals surface area contributed by atoms with Gasteiger partial charge in [-0.1, -0.05) is 18.5 Å². The van der Waals surface area contributed by atoms with Gasteiger partial charge in [0.1, 0.15) is 5.82 Å². The van der Waals surface area contributed by atoms with Crippen LogP contribution in [-0.4, -0.2) is 17.6 Å². The van der Waals surface area contributed by atoms with Crippen LogP contribution in [0, 0.1) is 0 Å². The molecular formula is C12H18Cl2N2. The molecule has 0 fully saturated rings. The number of aromatic nitrogens is 1. The minimum Gasteiger partial charge on any atom is -0.353 e. The van der Waals surface area contributed by atoms with Gasteiger partial charge in [0, 0.05) is 24.7 Å². The van der Waals surface area contributed by atoms with Gasteiger partial charge in [0.15, 0.2) is 0 Å². The average Bonchev–Trinajstić information content (AvgIpc) is 2.28. The average molecular weight is 261 g/mol. The van der Waals surface area contributed by atoms with E-state index in [0.717, 1.165) is 17.8 Å². The second-order valence-electron chi connectivity index (χ2n) is 4.51. The number of pyridine rings is 1. The Hall–Kier alpha value is -0.470. The summed E-state index contributed by atoms with van der Waals surface area (Å²) in [5.74, 6) is 1.25. The highest BCUT2D eigenvalue weighted by molar-refractivity contribution is 6.33. The first-order valence-corrected chi connectivity index (χ1v) is 6.28. The molecular weight excluding hydrogens is 243 g/mol. The van der Waals surface area contributed by atoms with Crippen LogP contribution in [0.4, 0.5) is 5.82 Å². The maximum absolute atomic E-state index is 6.20. The Morgan fingerprint density at radius 1 is 1.44 bits per heavy atom. The number of hydrogen-bond acceptors (Lipinski definition) is 2. The Labute approximate surface area is 108 Å². The van der Waals surface area contributed by atoms with E-state index in [1.165, 1.54) is 0 Å². The fourth-order valence-corrected chi connectivity index (χ4v) is 1.78. The normalized spacial score (nSPS) is 11.6. The third-order valence-electron chi connectivity index (χ3n) is 3.12. The van der Waals surface area contributed by atoms with Crippen LogP contribution in [0.15, 0.2) is 12.3 Å². The largest absolute Gasteiger partial charge is 0.353 e. The number of halogens is 2. The molecule has 0 atom stereocenters. The van der Waals surface area contributed by atoms with Crippen molar-refractivity contribution < 1.29 is 0 Å². The van der Waals surface area contributed by atoms with Gasteiger partial charge in [-0.3, -0.25) is 0 Å². The molecule has 1 rings (SSSR count). The SMILES string of the molecule is CCC(C)(C)N(C)c1ncc(CCl)cc1Cl. The van der Waals surface area contributed by atoms with Crippen molar-refractivity contribution >= 4 is 29.0 Å². The highest BCUT2D eigenvalue weighted by atomic mass is 35.5. The maximum Gasteiger partial charge on any atom is 0.147 e. The second kappa shape index (κ2) is 5.24. The van der Waals surface area contributed by atoms with Gasteiger partial charge in [0.25, 0.3) is 0 Å². The van der Waals surface area contributed by atoms with Crippen LogP contribution in [0.5, 0.6) is 0 Å². The molecule has 0 spiro atoms. The first-order valence-electron chi connectivity index (χ1n) is 5.36. The standard InChI is InChI=1S/C12H18Cl2N2/c1-5-12(2,3)16(4)11-10(14)6-9(7-13)8-15-11/h6,8H,5,7H2,1-4H3. The van der Waals surface area contributed by atoms with E-state index in [1.54, 1.807) is 6.20 Å². The highest BCUT2D eigenvalue weighted by Crippen LogP contribution is 2.29. The van der Waals surface area contributed by atoms with Crippen molar-refractivity contribution in [3.05, 3.63) is 22.8 Å². The third-order valence-corrected chi connectivity index (χ3v) is 3.71. The molecule has 0 radical (unpaired) electrons. The van der Waals surface area contributed by atoms with Crippen molar-refractivity contribution in [2.45, 2.75) is 38.6 Å². The summed E-state index contributed by atoms with van der Waals surface area (Å²) in [6, 6.07) is 1.87. The van der Waals surface area contributed by atoms with Crippen LogP contribution in [0.1, 0.15) is 32.8 Å². The van der Waals surface area contributed by atoms with E-state index in [4.69, 9.17) is 23.2 Å². The van der Waals surface area contributed by atoms with E-state index in [9.17, 15) is 0 Å². The molecule has 0 aliphatic heterocycles. The Balaban J connectivity index is 3.05. The molecule has 0 N–H and O–H groups in total. The molecule has 0 aliphatic carbocycles. The molecule has 1 aromatic rings. The number of anilines is 1. The fraction of sp³-hybridized carbons (Fsp3) is 0.583. The summed E-state index contributed by atoms with van der Waals surface area (Å²) in [6.45, 7) is 6.48. The molecule has 0 bridgehead atoms. The van der Waals surface area contributed by atoms with E-state index in [-0.39, 0.29) is 5.54 Å². The van der Waals surface area contributed by atoms with Crippen LogP contribution in [-0.2, 0) is 5.88 Å². The Kier molecular flexibility index (Phi) is 4.45. The molecule has 4 heteroatoms. The first kappa shape index (κ1) is 13.6. The zero-order valence-electron chi connectivity index (χ0n) is 10.2. The molecule has 1 heterocycles. The predicted octanol–water partition coefficient (Wildman–Crippen LogP) is 4.10. The summed E-state index contributed by atoms with van der Waals surface area (Å²) < 4.78 is 0. The van der Waals surface area contributed by atoms with Crippen LogP contribution in [0.3, 0.4) is 0 Å². The second-order valence-corrected chi connectivity index (χ2v) is 5.18. The van der Waals surface area contributed by atoms with Gasteiger partial charge in [0.05, 0.1) is 5.02 Å². The van der Waals surface area contributed by atoms with Crippen LogP contribution in [0.2, 0.25) is 5.02 Å². The fourth-order valence-electron chi connectivity index (χ4n) is 1.31. The molecule has 2 nitrogen and oxygen atoms in total. The minimum atomic E-state index is 0.0408. The minimum absolute atomic E-state index is 0.0408. The molecule has 90 valence electrons. The van der Waals surface area contributed by atoms with E-state index < -0.39 is 0 Å². The van der Waals surface area contributed by atoms with E-state index >= 15 is 0 Å². The summed E-state index contributed by atoms with van der Waals surface area (Å²) in [7, 11) is 2.01. The van der Waals surface area contributed by atoms with E-state index in [2.05, 4.69) is 30.7 Å². The molecule has 1 aromatic heterocycles. The molecule has 16 heavy (non-hydrogen) atoms. The van der Waals surface area contributed by atoms with Gasteiger partial charge >= 0.3 is 0 Å². The number of nitrogens with zero attached hydrogens (tertiary/aromatic N) is 2. The Bertz CT molecular complexity index is 364. The smallest absolute Gasteiger partial charge is 0.147 e. The summed E-state index contributed by atoms with van der Waals surface area (Å²) in [5.41, 5.74) is 0.983. The van der Waals surface area contributed by atoms with Crippen molar-refractivity contribution in [2.24, 2.45) is 0 Å². The third kappa shape index (κ3) is 2.80. The van der Waals surface area contributed by atoms with E-state index in [0.29, 0.717) is 10.9 Å². The quantitative estimate of drug-likeness (QED) is 0.758. The molecule has 0 amide bonds. The zero-order chi connectivity index (χ0) is 12.3. The van der Waals surface area contributed by atoms with Gasteiger partial charge in [0.2, 0.25) is 0 Å². The number of rotatable bonds is 4. The Morgan fingerprint density at radius 2 is 2.06 bits per heavy atom. The topological polar surface area (TPSA) is 16.1 Å². The molecule has 0 aliphatic rings. The van der Waals surface area contributed by atoms with Crippen molar-refractivity contribution in [1.82, 2.24) is 4.98 Å². The van der Waals surface area contributed by atoms with Gasteiger partial charge in [-0.15, -0.1) is 11.6 Å². The lowest BCUT2D eigenvalue weighted by atomic mass is 10.00. The number of hydrogen-bond donors (Lipinski definition) is 0. The predicted molar refractivity (Wildman–Crippen MR) is 71.6 cm³/mol. The lowest BCUT2D eigenvalue weighted by molar-refractivity contribution is 0.467. The first-order chi connectivity index (χ1) is 7.42. The molecule has 0 unspecified atom stereocenters. The zero-order valence-corrected chi connectivity index (χ0v) is 11.7. The van der Waals surface area contributed by atoms with Gasteiger partial charge in [-0.05, 0) is 31.9 Å². The lowest BCUT2D eigenvalue weighted by Gasteiger charge is -2.36. The van der Waals surface area contributed by atoms with E-state index in [1.807, 2.05) is 13.1 Å². The molecule has 0 saturated carbocycles. The van der Waals surface area contributed by atoms with Crippen molar-refractivity contribution in [1.29, 1.82) is 0 Å². The molecule has 0 saturated heterocycles. The maximum atomic E-state index is 6.20. The summed E-state index contributed by atoms with van der Waals surface area (Å²) in [5, 5.41) is 0.655. The van der Waals surface area contributed by atoms with Gasteiger partial charge < -0.3 is 4.90 Å². The van der Waals surface area contributed by atoms with Crippen molar-refractivity contribution in [3.63, 3.8) is 0 Å². The van der Waals surface area contributed by atoms with Crippen molar-refractivity contribution in [3.8, 4) is 0 Å². The van der Waals surface area contributed by atoms with Crippen LogP contribution < -0.4 is 4.90 Å². The van der Waals surface area contributed by atoms with Gasteiger partial charge in [-0.2, -0.15) is 0 Å². The number of alkyl halides is 1. The van der Waals surface area contributed by atoms with Crippen LogP contribution >= 0.6 is 23.2 Å². The lowest BCUT2D eigenvalue weighted by Crippen LogP contribution is -2.41. The summed E-state index contributed by atoms with van der Waals surface area (Å²) in [4.78, 5) is 6.48. The van der Waals surface area contributed by atoms with Gasteiger partial charge in [-0.25, -0.2) is 4.98 Å². The summed E-state index contributed by atoms with van der Waals surface area (Å²) in [6.07, 6.45) is 2.80.